The number of thiophene rings is 1. The number of benzene rings is 1. The number of nitrogen functional groups attached to an aromatic ring is 1. The molecule has 13 heavy (non-hydrogen) atoms. The lowest BCUT2D eigenvalue weighted by Crippen LogP contribution is -1.85. The standard InChI is InChI=1S/C9H8INS2/c1-12-5-2-6-7(10)4-13-9(6)8(11)3-5/h2-4H,11H2,1H3. The summed E-state index contributed by atoms with van der Waals surface area (Å²) in [7, 11) is 0. The molecule has 68 valence electrons. The van der Waals surface area contributed by atoms with Gasteiger partial charge in [-0.3, -0.25) is 0 Å². The smallest absolute Gasteiger partial charge is 0.0584 e. The number of hydrogen-bond acceptors (Lipinski definition) is 3. The zero-order valence-corrected chi connectivity index (χ0v) is 10.8. The summed E-state index contributed by atoms with van der Waals surface area (Å²) in [6, 6.07) is 4.24. The predicted molar refractivity (Wildman–Crippen MR) is 70.7 cm³/mol. The van der Waals surface area contributed by atoms with Crippen LogP contribution in [-0.4, -0.2) is 6.26 Å². The van der Waals surface area contributed by atoms with Crippen LogP contribution in [0.4, 0.5) is 5.69 Å². The summed E-state index contributed by atoms with van der Waals surface area (Å²) >= 11 is 5.80. The third kappa shape index (κ3) is 1.67. The van der Waals surface area contributed by atoms with Gasteiger partial charge in [0, 0.05) is 19.2 Å². The van der Waals surface area contributed by atoms with Crippen molar-refractivity contribution in [3.63, 3.8) is 0 Å². The molecule has 0 aliphatic rings. The van der Waals surface area contributed by atoms with E-state index in [0.717, 1.165) is 5.69 Å². The Morgan fingerprint density at radius 1 is 1.46 bits per heavy atom. The molecule has 2 rings (SSSR count). The lowest BCUT2D eigenvalue weighted by atomic mass is 10.2. The maximum atomic E-state index is 5.94. The maximum Gasteiger partial charge on any atom is 0.0584 e. The average Bonchev–Trinajstić information content (AvgIpc) is 2.48. The number of nitrogens with two attached hydrogens (primary N) is 1. The SMILES string of the molecule is CSc1cc(N)c2scc(I)c2c1. The molecule has 1 aromatic carbocycles. The number of anilines is 1. The van der Waals surface area contributed by atoms with Crippen LogP contribution in [0.5, 0.6) is 0 Å². The first-order valence-corrected chi connectivity index (χ1v) is 6.91. The first-order chi connectivity index (χ1) is 6.22. The van der Waals surface area contributed by atoms with Gasteiger partial charge in [0.2, 0.25) is 0 Å². The molecule has 0 saturated heterocycles. The Morgan fingerprint density at radius 3 is 2.92 bits per heavy atom. The molecule has 0 atom stereocenters. The van der Waals surface area contributed by atoms with Gasteiger partial charge in [0.1, 0.15) is 0 Å². The molecule has 0 aliphatic carbocycles. The molecule has 0 bridgehead atoms. The van der Waals surface area contributed by atoms with Crippen molar-refractivity contribution in [1.82, 2.24) is 0 Å². The van der Waals surface area contributed by atoms with Crippen molar-refractivity contribution >= 4 is 61.5 Å². The highest BCUT2D eigenvalue weighted by molar-refractivity contribution is 14.1. The van der Waals surface area contributed by atoms with Gasteiger partial charge in [-0.05, 0) is 41.0 Å². The highest BCUT2D eigenvalue weighted by atomic mass is 127. The molecule has 0 radical (unpaired) electrons. The van der Waals surface area contributed by atoms with Crippen molar-refractivity contribution in [3.05, 3.63) is 21.1 Å². The number of halogens is 1. The lowest BCUT2D eigenvalue weighted by Gasteiger charge is -2.00. The van der Waals surface area contributed by atoms with Crippen molar-refractivity contribution in [2.75, 3.05) is 12.0 Å². The van der Waals surface area contributed by atoms with Crippen LogP contribution in [0.3, 0.4) is 0 Å². The molecule has 4 heteroatoms. The minimum atomic E-state index is 0.898. The fourth-order valence-electron chi connectivity index (χ4n) is 1.22. The van der Waals surface area contributed by atoms with Gasteiger partial charge in [0.25, 0.3) is 0 Å². The molecule has 1 aromatic heterocycles. The van der Waals surface area contributed by atoms with Gasteiger partial charge in [0.15, 0.2) is 0 Å². The van der Waals surface area contributed by atoms with E-state index in [2.05, 4.69) is 40.3 Å². The molecule has 2 aromatic rings. The number of thioether (sulfide) groups is 1. The number of fused-ring (bicyclic) bond motifs is 1. The van der Waals surface area contributed by atoms with E-state index in [1.54, 1.807) is 23.1 Å². The van der Waals surface area contributed by atoms with E-state index >= 15 is 0 Å². The summed E-state index contributed by atoms with van der Waals surface area (Å²) in [4.78, 5) is 1.24. The Bertz CT molecular complexity index is 450. The molecular weight excluding hydrogens is 313 g/mol. The molecule has 0 saturated carbocycles. The Labute approximate surface area is 98.8 Å². The summed E-state index contributed by atoms with van der Waals surface area (Å²) < 4.78 is 2.50. The zero-order chi connectivity index (χ0) is 9.42. The Morgan fingerprint density at radius 2 is 2.23 bits per heavy atom. The summed E-state index contributed by atoms with van der Waals surface area (Å²) in [6.07, 6.45) is 2.07. The van der Waals surface area contributed by atoms with E-state index in [1.807, 2.05) is 6.07 Å². The molecule has 0 aliphatic heterocycles. The van der Waals surface area contributed by atoms with Crippen molar-refractivity contribution in [2.24, 2.45) is 0 Å². The minimum Gasteiger partial charge on any atom is -0.398 e. The summed E-state index contributed by atoms with van der Waals surface area (Å²) in [6.45, 7) is 0. The van der Waals surface area contributed by atoms with Gasteiger partial charge < -0.3 is 5.73 Å². The van der Waals surface area contributed by atoms with E-state index < -0.39 is 0 Å². The molecule has 1 nitrogen and oxygen atoms in total. The minimum absolute atomic E-state index is 0.898. The zero-order valence-electron chi connectivity index (χ0n) is 7.00. The molecule has 1 heterocycles. The quantitative estimate of drug-likeness (QED) is 0.491. The molecule has 2 N–H and O–H groups in total. The summed E-state index contributed by atoms with van der Waals surface area (Å²) in [5.41, 5.74) is 6.84. The van der Waals surface area contributed by atoms with Gasteiger partial charge in [0.05, 0.1) is 10.4 Å². The van der Waals surface area contributed by atoms with Crippen molar-refractivity contribution in [3.8, 4) is 0 Å². The predicted octanol–water partition coefficient (Wildman–Crippen LogP) is 3.81. The van der Waals surface area contributed by atoms with E-state index in [9.17, 15) is 0 Å². The van der Waals surface area contributed by atoms with Crippen molar-refractivity contribution < 1.29 is 0 Å². The van der Waals surface area contributed by atoms with E-state index in [-0.39, 0.29) is 0 Å². The molecular formula is C9H8INS2. The number of hydrogen-bond donors (Lipinski definition) is 1. The average molecular weight is 321 g/mol. The molecule has 0 unspecified atom stereocenters. The topological polar surface area (TPSA) is 26.0 Å². The summed E-state index contributed by atoms with van der Waals surface area (Å²) in [5, 5.41) is 3.43. The largest absolute Gasteiger partial charge is 0.398 e. The van der Waals surface area contributed by atoms with Crippen LogP contribution in [-0.2, 0) is 0 Å². The van der Waals surface area contributed by atoms with E-state index in [4.69, 9.17) is 5.73 Å². The van der Waals surface area contributed by atoms with Crippen molar-refractivity contribution in [2.45, 2.75) is 4.90 Å². The van der Waals surface area contributed by atoms with E-state index in [0.29, 0.717) is 0 Å². The van der Waals surface area contributed by atoms with Gasteiger partial charge in [-0.2, -0.15) is 0 Å². The lowest BCUT2D eigenvalue weighted by molar-refractivity contribution is 1.52. The van der Waals surface area contributed by atoms with E-state index in [1.165, 1.54) is 18.6 Å². The fourth-order valence-corrected chi connectivity index (χ4v) is 3.53. The van der Waals surface area contributed by atoms with Crippen LogP contribution in [0.15, 0.2) is 22.4 Å². The molecule has 0 amide bonds. The third-order valence-electron chi connectivity index (χ3n) is 1.86. The Balaban J connectivity index is 2.80. The second-order valence-electron chi connectivity index (χ2n) is 2.68. The van der Waals surface area contributed by atoms with Crippen LogP contribution in [0, 0.1) is 3.57 Å². The monoisotopic (exact) mass is 321 g/mol. The first-order valence-electron chi connectivity index (χ1n) is 3.72. The van der Waals surface area contributed by atoms with Crippen LogP contribution >= 0.6 is 45.7 Å². The third-order valence-corrected chi connectivity index (χ3v) is 4.93. The molecule has 0 fully saturated rings. The normalized spacial score (nSPS) is 10.9. The highest BCUT2D eigenvalue weighted by Gasteiger charge is 2.05. The first kappa shape index (κ1) is 9.61. The second kappa shape index (κ2) is 3.67. The van der Waals surface area contributed by atoms with Gasteiger partial charge in [-0.1, -0.05) is 0 Å². The fraction of sp³-hybridized carbons (Fsp3) is 0.111. The molecule has 0 spiro atoms. The van der Waals surface area contributed by atoms with Crippen LogP contribution < -0.4 is 5.73 Å². The number of rotatable bonds is 1. The maximum absolute atomic E-state index is 5.94. The van der Waals surface area contributed by atoms with Crippen LogP contribution in [0.2, 0.25) is 0 Å². The Kier molecular flexibility index (Phi) is 2.71. The van der Waals surface area contributed by atoms with Crippen LogP contribution in [0.25, 0.3) is 10.1 Å². The van der Waals surface area contributed by atoms with Gasteiger partial charge in [-0.15, -0.1) is 23.1 Å². The van der Waals surface area contributed by atoms with Crippen LogP contribution in [0.1, 0.15) is 0 Å². The van der Waals surface area contributed by atoms with Crippen molar-refractivity contribution in [1.29, 1.82) is 0 Å². The Hall–Kier alpha value is 0.0600. The van der Waals surface area contributed by atoms with Gasteiger partial charge >= 0.3 is 0 Å². The second-order valence-corrected chi connectivity index (χ2v) is 5.60. The summed E-state index contributed by atoms with van der Waals surface area (Å²) in [5.74, 6) is 0. The highest BCUT2D eigenvalue weighted by Crippen LogP contribution is 2.34. The van der Waals surface area contributed by atoms with Gasteiger partial charge in [-0.25, -0.2) is 0 Å².